The third kappa shape index (κ3) is 3.76. The molecule has 144 valence electrons. The fourth-order valence-electron chi connectivity index (χ4n) is 3.59. The van der Waals surface area contributed by atoms with Crippen LogP contribution < -0.4 is 4.90 Å². The first kappa shape index (κ1) is 18.6. The van der Waals surface area contributed by atoms with E-state index in [1.165, 1.54) is 0 Å². The quantitative estimate of drug-likeness (QED) is 0.671. The number of halogens is 1. The molecule has 1 amide bonds. The summed E-state index contributed by atoms with van der Waals surface area (Å²) in [6.45, 7) is 6.91. The van der Waals surface area contributed by atoms with Crippen molar-refractivity contribution in [3.8, 4) is 5.69 Å². The highest BCUT2D eigenvalue weighted by Crippen LogP contribution is 2.21. The van der Waals surface area contributed by atoms with Crippen LogP contribution in [0.1, 0.15) is 21.7 Å². The van der Waals surface area contributed by atoms with E-state index in [2.05, 4.69) is 10.00 Å². The molecule has 28 heavy (non-hydrogen) atoms. The molecule has 1 saturated heterocycles. The number of rotatable bonds is 3. The van der Waals surface area contributed by atoms with Crippen molar-refractivity contribution >= 4 is 23.2 Å². The van der Waals surface area contributed by atoms with Gasteiger partial charge in [0.1, 0.15) is 5.69 Å². The number of aromatic nitrogens is 2. The van der Waals surface area contributed by atoms with Crippen LogP contribution >= 0.6 is 11.6 Å². The lowest BCUT2D eigenvalue weighted by Gasteiger charge is -2.36. The van der Waals surface area contributed by atoms with Gasteiger partial charge in [-0.3, -0.25) is 4.79 Å². The van der Waals surface area contributed by atoms with Crippen molar-refractivity contribution in [3.05, 3.63) is 76.6 Å². The van der Waals surface area contributed by atoms with Gasteiger partial charge < -0.3 is 9.80 Å². The number of hydrogen-bond acceptors (Lipinski definition) is 3. The van der Waals surface area contributed by atoms with Crippen LogP contribution in [0.5, 0.6) is 0 Å². The highest BCUT2D eigenvalue weighted by Gasteiger charge is 2.25. The summed E-state index contributed by atoms with van der Waals surface area (Å²) in [6, 6.07) is 17.8. The van der Waals surface area contributed by atoms with Gasteiger partial charge in [-0.25, -0.2) is 4.68 Å². The third-order valence-electron chi connectivity index (χ3n) is 5.06. The van der Waals surface area contributed by atoms with E-state index in [4.69, 9.17) is 11.6 Å². The van der Waals surface area contributed by atoms with Crippen LogP contribution in [0.15, 0.2) is 54.6 Å². The van der Waals surface area contributed by atoms with Crippen LogP contribution in [0, 0.1) is 13.8 Å². The Kier molecular flexibility index (Phi) is 5.09. The number of carbonyl (C=O) groups is 1. The normalized spacial score (nSPS) is 14.4. The van der Waals surface area contributed by atoms with Gasteiger partial charge in [-0.2, -0.15) is 5.10 Å². The summed E-state index contributed by atoms with van der Waals surface area (Å²) < 4.78 is 1.76. The van der Waals surface area contributed by atoms with Crippen molar-refractivity contribution in [1.29, 1.82) is 0 Å². The summed E-state index contributed by atoms with van der Waals surface area (Å²) in [5.41, 5.74) is 4.64. The Balaban J connectivity index is 1.51. The van der Waals surface area contributed by atoms with E-state index in [0.717, 1.165) is 40.7 Å². The van der Waals surface area contributed by atoms with Gasteiger partial charge in [-0.05, 0) is 61.9 Å². The molecule has 0 spiro atoms. The summed E-state index contributed by atoms with van der Waals surface area (Å²) in [6.07, 6.45) is 0. The second kappa shape index (κ2) is 7.68. The predicted octanol–water partition coefficient (Wildman–Crippen LogP) is 4.10. The molecule has 3 aromatic rings. The number of anilines is 1. The summed E-state index contributed by atoms with van der Waals surface area (Å²) in [5.74, 6) is 0.0258. The van der Waals surface area contributed by atoms with Gasteiger partial charge in [0.15, 0.2) is 0 Å². The van der Waals surface area contributed by atoms with Crippen LogP contribution in [-0.2, 0) is 0 Å². The topological polar surface area (TPSA) is 41.4 Å². The number of nitrogens with zero attached hydrogens (tertiary/aromatic N) is 4. The average molecular weight is 395 g/mol. The zero-order chi connectivity index (χ0) is 19.7. The van der Waals surface area contributed by atoms with Crippen molar-refractivity contribution in [2.45, 2.75) is 13.8 Å². The number of piperazine rings is 1. The molecule has 6 heteroatoms. The molecule has 4 rings (SSSR count). The Hall–Kier alpha value is -2.79. The molecule has 1 aliphatic heterocycles. The lowest BCUT2D eigenvalue weighted by atomic mass is 10.2. The number of hydrogen-bond donors (Lipinski definition) is 0. The Morgan fingerprint density at radius 2 is 1.64 bits per heavy atom. The summed E-state index contributed by atoms with van der Waals surface area (Å²) in [4.78, 5) is 17.4. The Morgan fingerprint density at radius 1 is 0.929 bits per heavy atom. The molecule has 0 bridgehead atoms. The van der Waals surface area contributed by atoms with E-state index in [-0.39, 0.29) is 5.91 Å². The Bertz CT molecular complexity index is 988. The van der Waals surface area contributed by atoms with Crippen molar-refractivity contribution in [2.24, 2.45) is 0 Å². The van der Waals surface area contributed by atoms with Gasteiger partial charge in [0, 0.05) is 36.9 Å². The predicted molar refractivity (Wildman–Crippen MR) is 113 cm³/mol. The van der Waals surface area contributed by atoms with Gasteiger partial charge in [-0.1, -0.05) is 23.7 Å². The molecule has 1 aromatic heterocycles. The zero-order valence-electron chi connectivity index (χ0n) is 16.1. The van der Waals surface area contributed by atoms with E-state index >= 15 is 0 Å². The molecule has 0 N–H and O–H groups in total. The fourth-order valence-corrected chi connectivity index (χ4v) is 3.72. The summed E-state index contributed by atoms with van der Waals surface area (Å²) >= 11 is 5.98. The van der Waals surface area contributed by atoms with Crippen molar-refractivity contribution in [1.82, 2.24) is 14.7 Å². The van der Waals surface area contributed by atoms with Crippen LogP contribution in [0.2, 0.25) is 5.02 Å². The molecule has 5 nitrogen and oxygen atoms in total. The van der Waals surface area contributed by atoms with E-state index in [9.17, 15) is 4.79 Å². The molecule has 0 atom stereocenters. The average Bonchev–Trinajstić information content (AvgIpc) is 3.10. The maximum Gasteiger partial charge on any atom is 0.272 e. The molecule has 0 unspecified atom stereocenters. The van der Waals surface area contributed by atoms with Crippen LogP contribution in [0.25, 0.3) is 5.69 Å². The molecule has 2 aromatic carbocycles. The molecule has 1 aliphatic rings. The molecular formula is C22H23ClN4O. The van der Waals surface area contributed by atoms with Crippen molar-refractivity contribution < 1.29 is 4.79 Å². The smallest absolute Gasteiger partial charge is 0.272 e. The first-order valence-corrected chi connectivity index (χ1v) is 9.82. The van der Waals surface area contributed by atoms with E-state index < -0.39 is 0 Å². The fraction of sp³-hybridized carbons (Fsp3) is 0.273. The molecule has 0 saturated carbocycles. The largest absolute Gasteiger partial charge is 0.368 e. The van der Waals surface area contributed by atoms with Gasteiger partial charge in [-0.15, -0.1) is 0 Å². The lowest BCUT2D eigenvalue weighted by Crippen LogP contribution is -2.49. The van der Waals surface area contributed by atoms with Gasteiger partial charge in [0.2, 0.25) is 0 Å². The molecule has 2 heterocycles. The standard InChI is InChI=1S/C22H23ClN4O/c1-16-4-3-5-20(14-16)27-21(15-17(2)24-27)22(28)26-12-10-25(11-13-26)19-8-6-18(23)7-9-19/h3-9,14-15H,10-13H2,1-2H3. The van der Waals surface area contributed by atoms with Gasteiger partial charge in [0.25, 0.3) is 5.91 Å². The van der Waals surface area contributed by atoms with E-state index in [1.807, 2.05) is 73.3 Å². The van der Waals surface area contributed by atoms with Crippen LogP contribution in [-0.4, -0.2) is 46.8 Å². The third-order valence-corrected chi connectivity index (χ3v) is 5.31. The number of aryl methyl sites for hydroxylation is 2. The Morgan fingerprint density at radius 3 is 2.32 bits per heavy atom. The molecular weight excluding hydrogens is 372 g/mol. The first-order valence-electron chi connectivity index (χ1n) is 9.45. The summed E-state index contributed by atoms with van der Waals surface area (Å²) in [5, 5.41) is 5.29. The summed E-state index contributed by atoms with van der Waals surface area (Å²) in [7, 11) is 0. The molecule has 0 aliphatic carbocycles. The van der Waals surface area contributed by atoms with Crippen molar-refractivity contribution in [2.75, 3.05) is 31.1 Å². The maximum atomic E-state index is 13.2. The number of carbonyl (C=O) groups excluding carboxylic acids is 1. The highest BCUT2D eigenvalue weighted by molar-refractivity contribution is 6.30. The number of benzene rings is 2. The highest BCUT2D eigenvalue weighted by atomic mass is 35.5. The van der Waals surface area contributed by atoms with Crippen LogP contribution in [0.3, 0.4) is 0 Å². The van der Waals surface area contributed by atoms with Gasteiger partial charge in [0.05, 0.1) is 11.4 Å². The van der Waals surface area contributed by atoms with E-state index in [1.54, 1.807) is 4.68 Å². The minimum absolute atomic E-state index is 0.0258. The lowest BCUT2D eigenvalue weighted by molar-refractivity contribution is 0.0737. The molecule has 1 fully saturated rings. The minimum Gasteiger partial charge on any atom is -0.368 e. The van der Waals surface area contributed by atoms with Crippen molar-refractivity contribution in [3.63, 3.8) is 0 Å². The Labute approximate surface area is 170 Å². The number of amides is 1. The SMILES string of the molecule is Cc1cccc(-n2nc(C)cc2C(=O)N2CCN(c3ccc(Cl)cc3)CC2)c1. The van der Waals surface area contributed by atoms with Crippen LogP contribution in [0.4, 0.5) is 5.69 Å². The van der Waals surface area contributed by atoms with Gasteiger partial charge >= 0.3 is 0 Å². The monoisotopic (exact) mass is 394 g/mol. The zero-order valence-corrected chi connectivity index (χ0v) is 16.9. The molecule has 0 radical (unpaired) electrons. The minimum atomic E-state index is 0.0258. The first-order chi connectivity index (χ1) is 13.5. The maximum absolute atomic E-state index is 13.2. The second-order valence-electron chi connectivity index (χ2n) is 7.18. The van der Waals surface area contributed by atoms with E-state index in [0.29, 0.717) is 18.8 Å². The second-order valence-corrected chi connectivity index (χ2v) is 7.61.